The average Bonchev–Trinajstić information content (AvgIpc) is 3.17. The lowest BCUT2D eigenvalue weighted by molar-refractivity contribution is -0.135. The van der Waals surface area contributed by atoms with Gasteiger partial charge in [0.25, 0.3) is 0 Å². The van der Waals surface area contributed by atoms with Crippen LogP contribution in [-0.2, 0) is 4.79 Å². The second-order valence-corrected chi connectivity index (χ2v) is 9.07. The smallest absolute Gasteiger partial charge is 0.239 e. The predicted octanol–water partition coefficient (Wildman–Crippen LogP) is 4.78. The van der Waals surface area contributed by atoms with Crippen LogP contribution in [0.4, 0.5) is 0 Å². The Bertz CT molecular complexity index is 970. The number of likely N-dealkylation sites (tertiary alicyclic amines) is 1. The van der Waals surface area contributed by atoms with Crippen LogP contribution in [0.5, 0.6) is 0 Å². The van der Waals surface area contributed by atoms with Crippen LogP contribution in [0.15, 0.2) is 60.8 Å². The highest BCUT2D eigenvalue weighted by Crippen LogP contribution is 2.30. The number of aromatic amines is 1. The summed E-state index contributed by atoms with van der Waals surface area (Å²) in [5.41, 5.74) is 3.67. The molecule has 1 aliphatic rings. The summed E-state index contributed by atoms with van der Waals surface area (Å²) < 4.78 is 0. The molecule has 0 saturated carbocycles. The molecule has 2 aromatic carbocycles. The van der Waals surface area contributed by atoms with Gasteiger partial charge < -0.3 is 15.2 Å². The molecule has 4 atom stereocenters. The number of hydrogen-bond donors (Lipinski definition) is 2. The lowest BCUT2D eigenvalue weighted by atomic mass is 9.90. The first-order chi connectivity index (χ1) is 14.5. The Hall–Kier alpha value is -2.59. The molecule has 4 rings (SSSR count). The number of H-pyrrole nitrogens is 1. The molecule has 0 spiro atoms. The van der Waals surface area contributed by atoms with Gasteiger partial charge in [-0.25, -0.2) is 0 Å². The van der Waals surface area contributed by atoms with Crippen LogP contribution >= 0.6 is 0 Å². The minimum atomic E-state index is -0.195. The number of nitrogens with one attached hydrogen (secondary N) is 2. The van der Waals surface area contributed by atoms with E-state index >= 15 is 0 Å². The van der Waals surface area contributed by atoms with E-state index in [9.17, 15) is 4.79 Å². The summed E-state index contributed by atoms with van der Waals surface area (Å²) >= 11 is 0. The van der Waals surface area contributed by atoms with E-state index in [0.717, 1.165) is 25.2 Å². The molecule has 158 valence electrons. The fourth-order valence-electron chi connectivity index (χ4n) is 4.97. The summed E-state index contributed by atoms with van der Waals surface area (Å²) in [5, 5.41) is 4.80. The van der Waals surface area contributed by atoms with E-state index in [1.807, 2.05) is 13.0 Å². The van der Waals surface area contributed by atoms with Gasteiger partial charge in [0.05, 0.1) is 6.04 Å². The van der Waals surface area contributed by atoms with Gasteiger partial charge in [0, 0.05) is 42.7 Å². The Kier molecular flexibility index (Phi) is 6.24. The molecule has 3 aromatic rings. The van der Waals surface area contributed by atoms with Crippen molar-refractivity contribution in [1.82, 2.24) is 15.2 Å². The first-order valence-electron chi connectivity index (χ1n) is 11.2. The molecule has 0 aliphatic carbocycles. The first-order valence-corrected chi connectivity index (χ1v) is 11.2. The Morgan fingerprint density at radius 1 is 1.07 bits per heavy atom. The molecule has 1 amide bonds. The summed E-state index contributed by atoms with van der Waals surface area (Å²) in [6, 6.07) is 18.8. The van der Waals surface area contributed by atoms with Crippen molar-refractivity contribution in [3.63, 3.8) is 0 Å². The molecule has 0 bridgehead atoms. The second kappa shape index (κ2) is 9.05. The number of para-hydroxylation sites is 1. The standard InChI is InChI=1S/C26H33N3O/c1-18-13-19(2)17-29(16-18)26(30)20(3)27-14-23(21-9-5-4-6-10-21)24-15-28-25-12-8-7-11-22(24)25/h4-12,15,18-20,23,27-28H,13-14,16-17H2,1-3H3/t18-,19-,20+,23-/m0/s1. The van der Waals surface area contributed by atoms with E-state index in [1.54, 1.807) is 0 Å². The maximum absolute atomic E-state index is 13.1. The maximum atomic E-state index is 13.1. The van der Waals surface area contributed by atoms with Crippen molar-refractivity contribution < 1.29 is 4.79 Å². The zero-order chi connectivity index (χ0) is 21.1. The third-order valence-electron chi connectivity index (χ3n) is 6.38. The maximum Gasteiger partial charge on any atom is 0.239 e. The number of rotatable bonds is 6. The Morgan fingerprint density at radius 2 is 1.73 bits per heavy atom. The molecule has 1 saturated heterocycles. The Balaban J connectivity index is 1.52. The van der Waals surface area contributed by atoms with Crippen LogP contribution in [0.3, 0.4) is 0 Å². The van der Waals surface area contributed by atoms with Gasteiger partial charge in [-0.1, -0.05) is 62.4 Å². The molecule has 1 aromatic heterocycles. The van der Waals surface area contributed by atoms with Crippen LogP contribution in [-0.4, -0.2) is 41.5 Å². The molecule has 0 radical (unpaired) electrons. The number of fused-ring (bicyclic) bond motifs is 1. The number of benzene rings is 2. The van der Waals surface area contributed by atoms with Gasteiger partial charge in [-0.05, 0) is 42.4 Å². The number of aromatic nitrogens is 1. The SMILES string of the molecule is C[C@H]1C[C@H](C)CN(C(=O)[C@@H](C)NC[C@@H](c2ccccc2)c2c[nH]c3ccccc23)C1. The van der Waals surface area contributed by atoms with Crippen molar-refractivity contribution in [3.8, 4) is 0 Å². The van der Waals surface area contributed by atoms with Gasteiger partial charge in [0.15, 0.2) is 0 Å². The fourth-order valence-corrected chi connectivity index (χ4v) is 4.97. The largest absolute Gasteiger partial charge is 0.361 e. The topological polar surface area (TPSA) is 48.1 Å². The van der Waals surface area contributed by atoms with Crippen molar-refractivity contribution in [2.45, 2.75) is 39.2 Å². The molecule has 1 fully saturated rings. The van der Waals surface area contributed by atoms with Crippen molar-refractivity contribution in [1.29, 1.82) is 0 Å². The van der Waals surface area contributed by atoms with Crippen molar-refractivity contribution in [2.75, 3.05) is 19.6 Å². The average molecular weight is 404 g/mol. The first kappa shape index (κ1) is 20.7. The summed E-state index contributed by atoms with van der Waals surface area (Å²) in [4.78, 5) is 18.6. The summed E-state index contributed by atoms with van der Waals surface area (Å²) in [7, 11) is 0. The fraction of sp³-hybridized carbons (Fsp3) is 0.423. The van der Waals surface area contributed by atoms with Crippen molar-refractivity contribution in [3.05, 3.63) is 71.9 Å². The van der Waals surface area contributed by atoms with Crippen LogP contribution in [0, 0.1) is 11.8 Å². The highest BCUT2D eigenvalue weighted by Gasteiger charge is 2.29. The molecule has 4 heteroatoms. The summed E-state index contributed by atoms with van der Waals surface area (Å²) in [6.45, 7) is 8.97. The number of amides is 1. The quantitative estimate of drug-likeness (QED) is 0.622. The number of carbonyl (C=O) groups excluding carboxylic acids is 1. The van der Waals surface area contributed by atoms with E-state index < -0.39 is 0 Å². The molecule has 30 heavy (non-hydrogen) atoms. The molecule has 2 heterocycles. The van der Waals surface area contributed by atoms with Gasteiger partial charge >= 0.3 is 0 Å². The highest BCUT2D eigenvalue weighted by molar-refractivity contribution is 5.84. The van der Waals surface area contributed by atoms with Gasteiger partial charge in [-0.3, -0.25) is 4.79 Å². The monoisotopic (exact) mass is 403 g/mol. The minimum absolute atomic E-state index is 0.178. The van der Waals surface area contributed by atoms with E-state index in [2.05, 4.69) is 83.8 Å². The molecule has 2 N–H and O–H groups in total. The van der Waals surface area contributed by atoms with Crippen LogP contribution in [0.1, 0.15) is 44.2 Å². The Morgan fingerprint density at radius 3 is 2.47 bits per heavy atom. The summed E-state index contributed by atoms with van der Waals surface area (Å²) in [5.74, 6) is 1.55. The van der Waals surface area contributed by atoms with E-state index in [4.69, 9.17) is 0 Å². The molecule has 4 nitrogen and oxygen atoms in total. The predicted molar refractivity (Wildman–Crippen MR) is 124 cm³/mol. The van der Waals surface area contributed by atoms with Gasteiger partial charge in [0.1, 0.15) is 0 Å². The summed E-state index contributed by atoms with van der Waals surface area (Å²) in [6.07, 6.45) is 3.33. The third-order valence-corrected chi connectivity index (χ3v) is 6.38. The molecular formula is C26H33N3O. The normalized spacial score (nSPS) is 21.5. The van der Waals surface area contributed by atoms with E-state index in [-0.39, 0.29) is 17.9 Å². The molecule has 0 unspecified atom stereocenters. The number of hydrogen-bond acceptors (Lipinski definition) is 2. The van der Waals surface area contributed by atoms with Crippen molar-refractivity contribution in [2.24, 2.45) is 11.8 Å². The Labute approximate surface area is 179 Å². The number of nitrogens with zero attached hydrogens (tertiary/aromatic N) is 1. The van der Waals surface area contributed by atoms with E-state index in [1.165, 1.54) is 22.9 Å². The zero-order valence-corrected chi connectivity index (χ0v) is 18.3. The third kappa shape index (κ3) is 4.44. The van der Waals surface area contributed by atoms with Crippen LogP contribution in [0.2, 0.25) is 0 Å². The lowest BCUT2D eigenvalue weighted by Gasteiger charge is -2.36. The zero-order valence-electron chi connectivity index (χ0n) is 18.3. The van der Waals surface area contributed by atoms with Gasteiger partial charge in [-0.2, -0.15) is 0 Å². The lowest BCUT2D eigenvalue weighted by Crippen LogP contribution is -2.50. The number of carbonyl (C=O) groups is 1. The van der Waals surface area contributed by atoms with Crippen LogP contribution < -0.4 is 5.32 Å². The van der Waals surface area contributed by atoms with Gasteiger partial charge in [0.2, 0.25) is 5.91 Å². The highest BCUT2D eigenvalue weighted by atomic mass is 16.2. The molecular weight excluding hydrogens is 370 g/mol. The second-order valence-electron chi connectivity index (χ2n) is 9.07. The van der Waals surface area contributed by atoms with Crippen molar-refractivity contribution >= 4 is 16.8 Å². The van der Waals surface area contributed by atoms with Gasteiger partial charge in [-0.15, -0.1) is 0 Å². The van der Waals surface area contributed by atoms with Crippen LogP contribution in [0.25, 0.3) is 10.9 Å². The molecule has 1 aliphatic heterocycles. The minimum Gasteiger partial charge on any atom is -0.361 e. The van der Waals surface area contributed by atoms with E-state index in [0.29, 0.717) is 11.8 Å². The number of piperidine rings is 1.